The Morgan fingerprint density at radius 2 is 1.69 bits per heavy atom. The lowest BCUT2D eigenvalue weighted by Gasteiger charge is -2.06. The van der Waals surface area contributed by atoms with Crippen LogP contribution in [0.3, 0.4) is 0 Å². The number of nitrogens with one attached hydrogen (secondary N) is 1. The molecule has 0 saturated heterocycles. The van der Waals surface area contributed by atoms with E-state index in [1.807, 2.05) is 0 Å². The van der Waals surface area contributed by atoms with Gasteiger partial charge in [0.05, 0.1) is 24.7 Å². The van der Waals surface area contributed by atoms with Crippen LogP contribution in [0.25, 0.3) is 0 Å². The van der Waals surface area contributed by atoms with Crippen LogP contribution in [-0.2, 0) is 14.6 Å². The standard InChI is InChI=1S/C18H16N2O5S/c1-24-15-7-9-16(10-8-15)26(22,23)17(11-19)12-20-14-5-3-13(4-6-14)18(21)25-2/h3-10,12,20H,1-2H3/b17-12+. The molecule has 26 heavy (non-hydrogen) atoms. The summed E-state index contributed by atoms with van der Waals surface area (Å²) in [4.78, 5) is 10.9. The Morgan fingerprint density at radius 3 is 2.19 bits per heavy atom. The van der Waals surface area contributed by atoms with Gasteiger partial charge in [0.1, 0.15) is 11.8 Å². The summed E-state index contributed by atoms with van der Waals surface area (Å²) in [6, 6.07) is 13.6. The maximum Gasteiger partial charge on any atom is 0.337 e. The van der Waals surface area contributed by atoms with Crippen LogP contribution in [0.1, 0.15) is 10.4 Å². The number of nitriles is 1. The number of methoxy groups -OCH3 is 2. The number of sulfone groups is 1. The van der Waals surface area contributed by atoms with E-state index in [0.717, 1.165) is 6.20 Å². The average Bonchev–Trinajstić information content (AvgIpc) is 2.68. The lowest BCUT2D eigenvalue weighted by molar-refractivity contribution is 0.0600. The number of ether oxygens (including phenoxy) is 2. The smallest absolute Gasteiger partial charge is 0.337 e. The highest BCUT2D eigenvalue weighted by molar-refractivity contribution is 7.95. The Hall–Kier alpha value is -3.31. The first kappa shape index (κ1) is 19.0. The predicted molar refractivity (Wildman–Crippen MR) is 95.3 cm³/mol. The molecule has 2 aromatic carbocycles. The first-order valence-electron chi connectivity index (χ1n) is 7.36. The molecule has 1 N–H and O–H groups in total. The molecule has 0 aromatic heterocycles. The van der Waals surface area contributed by atoms with E-state index in [1.165, 1.54) is 50.6 Å². The van der Waals surface area contributed by atoms with Gasteiger partial charge in [-0.3, -0.25) is 0 Å². The van der Waals surface area contributed by atoms with Crippen molar-refractivity contribution in [2.24, 2.45) is 0 Å². The van der Waals surface area contributed by atoms with Crippen molar-refractivity contribution in [2.75, 3.05) is 19.5 Å². The van der Waals surface area contributed by atoms with Crippen LogP contribution in [0.2, 0.25) is 0 Å². The summed E-state index contributed by atoms with van der Waals surface area (Å²) in [6.07, 6.45) is 1.10. The summed E-state index contributed by atoms with van der Waals surface area (Å²) >= 11 is 0. The number of benzene rings is 2. The zero-order valence-electron chi connectivity index (χ0n) is 14.1. The number of esters is 1. The number of allylic oxidation sites excluding steroid dienone is 1. The largest absolute Gasteiger partial charge is 0.497 e. The molecule has 0 heterocycles. The average molecular weight is 372 g/mol. The first-order chi connectivity index (χ1) is 12.4. The topological polar surface area (TPSA) is 105 Å². The molecule has 0 radical (unpaired) electrons. The zero-order chi connectivity index (χ0) is 19.2. The third-order valence-electron chi connectivity index (χ3n) is 3.45. The minimum absolute atomic E-state index is 0.0195. The number of hydrogen-bond donors (Lipinski definition) is 1. The fraction of sp³-hybridized carbons (Fsp3) is 0.111. The summed E-state index contributed by atoms with van der Waals surface area (Å²) in [5.41, 5.74) is 0.865. The molecule has 2 aromatic rings. The summed E-state index contributed by atoms with van der Waals surface area (Å²) in [6.45, 7) is 0. The minimum Gasteiger partial charge on any atom is -0.497 e. The van der Waals surface area contributed by atoms with Crippen molar-refractivity contribution in [3.05, 3.63) is 65.2 Å². The molecule has 0 bridgehead atoms. The molecule has 0 atom stereocenters. The van der Waals surface area contributed by atoms with Crippen molar-refractivity contribution in [3.8, 4) is 11.8 Å². The van der Waals surface area contributed by atoms with Crippen molar-refractivity contribution in [3.63, 3.8) is 0 Å². The van der Waals surface area contributed by atoms with E-state index in [2.05, 4.69) is 10.1 Å². The molecule has 8 heteroatoms. The Bertz CT molecular complexity index is 956. The monoisotopic (exact) mass is 372 g/mol. The Balaban J connectivity index is 2.23. The van der Waals surface area contributed by atoms with Crippen LogP contribution in [0, 0.1) is 11.3 Å². The number of carbonyl (C=O) groups excluding carboxylic acids is 1. The van der Waals surface area contributed by atoms with Crippen LogP contribution in [0.4, 0.5) is 5.69 Å². The predicted octanol–water partition coefficient (Wildman–Crippen LogP) is 2.73. The van der Waals surface area contributed by atoms with E-state index in [-0.39, 0.29) is 4.90 Å². The highest BCUT2D eigenvalue weighted by Crippen LogP contribution is 2.22. The summed E-state index contributed by atoms with van der Waals surface area (Å²) in [5, 5.41) is 12.0. The molecule has 2 rings (SSSR count). The number of carbonyl (C=O) groups is 1. The maximum atomic E-state index is 12.5. The minimum atomic E-state index is -3.96. The van der Waals surface area contributed by atoms with Crippen LogP contribution in [0.15, 0.2) is 64.5 Å². The number of hydrogen-bond acceptors (Lipinski definition) is 7. The lowest BCUT2D eigenvalue weighted by atomic mass is 10.2. The molecule has 0 fully saturated rings. The van der Waals surface area contributed by atoms with Crippen molar-refractivity contribution in [1.82, 2.24) is 0 Å². The van der Waals surface area contributed by atoms with Crippen molar-refractivity contribution in [1.29, 1.82) is 5.26 Å². The molecule has 0 amide bonds. The van der Waals surface area contributed by atoms with E-state index >= 15 is 0 Å². The van der Waals surface area contributed by atoms with Gasteiger partial charge in [-0.25, -0.2) is 13.2 Å². The van der Waals surface area contributed by atoms with Crippen LogP contribution < -0.4 is 10.1 Å². The molecular weight excluding hydrogens is 356 g/mol. The normalized spacial score (nSPS) is 11.3. The van der Waals surface area contributed by atoms with Gasteiger partial charge in [-0.2, -0.15) is 5.26 Å². The molecule has 0 aliphatic heterocycles. The SMILES string of the molecule is COC(=O)c1ccc(N/C=C(\C#N)S(=O)(=O)c2ccc(OC)cc2)cc1. The highest BCUT2D eigenvalue weighted by Gasteiger charge is 2.20. The third-order valence-corrected chi connectivity index (χ3v) is 5.13. The van der Waals surface area contributed by atoms with Gasteiger partial charge in [0.25, 0.3) is 0 Å². The molecular formula is C18H16N2O5S. The highest BCUT2D eigenvalue weighted by atomic mass is 32.2. The Kier molecular flexibility index (Phi) is 5.98. The van der Waals surface area contributed by atoms with Gasteiger partial charge in [-0.1, -0.05) is 0 Å². The molecule has 0 saturated carbocycles. The van der Waals surface area contributed by atoms with Gasteiger partial charge in [-0.15, -0.1) is 0 Å². The summed E-state index contributed by atoms with van der Waals surface area (Å²) < 4.78 is 34.7. The third kappa shape index (κ3) is 4.20. The number of anilines is 1. The number of nitrogens with zero attached hydrogens (tertiary/aromatic N) is 1. The van der Waals surface area contributed by atoms with Gasteiger partial charge in [0.2, 0.25) is 9.84 Å². The van der Waals surface area contributed by atoms with E-state index in [4.69, 9.17) is 4.74 Å². The second kappa shape index (κ2) is 8.18. The van der Waals surface area contributed by atoms with Crippen LogP contribution >= 0.6 is 0 Å². The second-order valence-electron chi connectivity index (χ2n) is 5.01. The molecule has 7 nitrogen and oxygen atoms in total. The van der Waals surface area contributed by atoms with Gasteiger partial charge in [0.15, 0.2) is 4.91 Å². The fourth-order valence-electron chi connectivity index (χ4n) is 2.02. The van der Waals surface area contributed by atoms with Gasteiger partial charge in [0, 0.05) is 11.9 Å². The molecule has 0 aliphatic carbocycles. The number of rotatable bonds is 6. The molecule has 0 unspecified atom stereocenters. The Morgan fingerprint density at radius 1 is 1.08 bits per heavy atom. The van der Waals surface area contributed by atoms with Crippen molar-refractivity contribution < 1.29 is 22.7 Å². The van der Waals surface area contributed by atoms with E-state index < -0.39 is 20.7 Å². The lowest BCUT2D eigenvalue weighted by Crippen LogP contribution is -2.06. The van der Waals surface area contributed by atoms with Gasteiger partial charge in [-0.05, 0) is 48.5 Å². The van der Waals surface area contributed by atoms with Crippen molar-refractivity contribution in [2.45, 2.75) is 4.90 Å². The summed E-state index contributed by atoms with van der Waals surface area (Å²) in [7, 11) is -1.21. The Labute approximate surface area is 151 Å². The molecule has 0 spiro atoms. The quantitative estimate of drug-likeness (QED) is 0.614. The molecule has 0 aliphatic rings. The molecule has 134 valence electrons. The van der Waals surface area contributed by atoms with Gasteiger partial charge < -0.3 is 14.8 Å². The van der Waals surface area contributed by atoms with E-state index in [1.54, 1.807) is 18.2 Å². The fourth-order valence-corrected chi connectivity index (χ4v) is 3.10. The zero-order valence-corrected chi connectivity index (χ0v) is 14.9. The van der Waals surface area contributed by atoms with E-state index in [0.29, 0.717) is 17.0 Å². The van der Waals surface area contributed by atoms with E-state index in [9.17, 15) is 18.5 Å². The first-order valence-corrected chi connectivity index (χ1v) is 8.85. The maximum absolute atomic E-state index is 12.5. The van der Waals surface area contributed by atoms with Crippen LogP contribution in [0.5, 0.6) is 5.75 Å². The van der Waals surface area contributed by atoms with Crippen molar-refractivity contribution >= 4 is 21.5 Å². The van der Waals surface area contributed by atoms with Gasteiger partial charge >= 0.3 is 5.97 Å². The van der Waals surface area contributed by atoms with Crippen LogP contribution in [-0.4, -0.2) is 28.6 Å². The second-order valence-corrected chi connectivity index (χ2v) is 6.93. The summed E-state index contributed by atoms with van der Waals surface area (Å²) in [5.74, 6) is 0.0298.